The van der Waals surface area contributed by atoms with Crippen molar-refractivity contribution < 1.29 is 9.21 Å². The average molecular weight is 301 g/mol. The Balaban J connectivity index is 1.93. The molecule has 6 nitrogen and oxygen atoms in total. The van der Waals surface area contributed by atoms with E-state index >= 15 is 0 Å². The number of rotatable bonds is 2. The molecule has 1 atom stereocenters. The van der Waals surface area contributed by atoms with Crippen LogP contribution in [0.5, 0.6) is 0 Å². The molecule has 0 aromatic carbocycles. The molecule has 2 aromatic heterocycles. The maximum atomic E-state index is 12.6. The molecule has 0 bridgehead atoms. The van der Waals surface area contributed by atoms with Crippen molar-refractivity contribution in [2.45, 2.75) is 39.2 Å². The fourth-order valence-electron chi connectivity index (χ4n) is 2.98. The molecule has 6 heteroatoms. The van der Waals surface area contributed by atoms with Crippen LogP contribution in [-0.4, -0.2) is 15.7 Å². The molecule has 0 spiro atoms. The summed E-state index contributed by atoms with van der Waals surface area (Å²) in [5, 5.41) is 7.07. The molecule has 0 saturated heterocycles. The second kappa shape index (κ2) is 5.44. The van der Waals surface area contributed by atoms with Gasteiger partial charge < -0.3 is 9.73 Å². The maximum absolute atomic E-state index is 12.6. The lowest BCUT2D eigenvalue weighted by molar-refractivity contribution is 0.0929. The van der Waals surface area contributed by atoms with Crippen LogP contribution in [0.15, 0.2) is 21.5 Å². The van der Waals surface area contributed by atoms with Crippen molar-refractivity contribution in [3.8, 4) is 0 Å². The van der Waals surface area contributed by atoms with E-state index in [1.807, 2.05) is 6.07 Å². The Kier molecular flexibility index (Phi) is 3.60. The Bertz CT molecular complexity index is 788. The number of aryl methyl sites for hydroxylation is 3. The highest BCUT2D eigenvalue weighted by molar-refractivity contribution is 5.95. The summed E-state index contributed by atoms with van der Waals surface area (Å²) in [5.41, 5.74) is 2.12. The van der Waals surface area contributed by atoms with Crippen molar-refractivity contribution in [3.63, 3.8) is 0 Å². The van der Waals surface area contributed by atoms with Gasteiger partial charge in [0.05, 0.1) is 18.0 Å². The summed E-state index contributed by atoms with van der Waals surface area (Å²) >= 11 is 0. The number of aromatic nitrogens is 2. The molecule has 0 saturated carbocycles. The van der Waals surface area contributed by atoms with Crippen LogP contribution in [0, 0.1) is 13.8 Å². The van der Waals surface area contributed by atoms with E-state index in [4.69, 9.17) is 4.42 Å². The highest BCUT2D eigenvalue weighted by Gasteiger charge is 2.26. The highest BCUT2D eigenvalue weighted by atomic mass is 16.3. The van der Waals surface area contributed by atoms with E-state index in [0.717, 1.165) is 30.6 Å². The standard InChI is InChI=1S/C16H19N3O3/c1-9-10(2)18-19(3)16(21)14(9)15(20)17-12-5-4-6-13-11(12)7-8-22-13/h7-8,12H,4-6H2,1-3H3,(H,17,20)/t12-/m1/s1. The molecule has 0 unspecified atom stereocenters. The minimum absolute atomic E-state index is 0.104. The minimum atomic E-state index is -0.371. The van der Waals surface area contributed by atoms with Gasteiger partial charge in [0.15, 0.2) is 0 Å². The average Bonchev–Trinajstić information content (AvgIpc) is 2.95. The van der Waals surface area contributed by atoms with Gasteiger partial charge in [-0.1, -0.05) is 0 Å². The third kappa shape index (κ3) is 2.34. The Labute approximate surface area is 128 Å². The van der Waals surface area contributed by atoms with Gasteiger partial charge in [0, 0.05) is 19.0 Å². The number of nitrogens with one attached hydrogen (secondary N) is 1. The van der Waals surface area contributed by atoms with E-state index in [9.17, 15) is 9.59 Å². The number of carbonyl (C=O) groups excluding carboxylic acids is 1. The molecule has 1 N–H and O–H groups in total. The van der Waals surface area contributed by atoms with Crippen LogP contribution in [-0.2, 0) is 13.5 Å². The third-order valence-electron chi connectivity index (χ3n) is 4.31. The van der Waals surface area contributed by atoms with Crippen LogP contribution in [0.25, 0.3) is 0 Å². The van der Waals surface area contributed by atoms with Crippen molar-refractivity contribution in [1.29, 1.82) is 0 Å². The first-order valence-electron chi connectivity index (χ1n) is 7.40. The molecule has 22 heavy (non-hydrogen) atoms. The van der Waals surface area contributed by atoms with Crippen molar-refractivity contribution in [2.24, 2.45) is 7.05 Å². The van der Waals surface area contributed by atoms with Gasteiger partial charge in [-0.25, -0.2) is 4.68 Å². The number of carbonyl (C=O) groups is 1. The quantitative estimate of drug-likeness (QED) is 0.917. The van der Waals surface area contributed by atoms with Crippen molar-refractivity contribution in [1.82, 2.24) is 15.1 Å². The Hall–Kier alpha value is -2.37. The number of fused-ring (bicyclic) bond motifs is 1. The summed E-state index contributed by atoms with van der Waals surface area (Å²) in [4.78, 5) is 24.8. The first-order valence-corrected chi connectivity index (χ1v) is 7.40. The summed E-state index contributed by atoms with van der Waals surface area (Å²) in [6, 6.07) is 1.79. The number of hydrogen-bond acceptors (Lipinski definition) is 4. The summed E-state index contributed by atoms with van der Waals surface area (Å²) in [7, 11) is 1.56. The fraction of sp³-hybridized carbons (Fsp3) is 0.438. The minimum Gasteiger partial charge on any atom is -0.469 e. The van der Waals surface area contributed by atoms with Gasteiger partial charge in [-0.05, 0) is 38.3 Å². The van der Waals surface area contributed by atoms with Gasteiger partial charge >= 0.3 is 0 Å². The topological polar surface area (TPSA) is 77.1 Å². The zero-order valence-corrected chi connectivity index (χ0v) is 13.0. The van der Waals surface area contributed by atoms with Crippen LogP contribution in [0.2, 0.25) is 0 Å². The third-order valence-corrected chi connectivity index (χ3v) is 4.31. The molecule has 1 aliphatic rings. The SMILES string of the molecule is Cc1nn(C)c(=O)c(C(=O)N[C@@H]2CCCc3occc32)c1C. The lowest BCUT2D eigenvalue weighted by Crippen LogP contribution is -2.37. The van der Waals surface area contributed by atoms with Gasteiger partial charge in [0.1, 0.15) is 11.3 Å². The lowest BCUT2D eigenvalue weighted by Gasteiger charge is -2.23. The molecule has 116 valence electrons. The second-order valence-corrected chi connectivity index (χ2v) is 5.73. The molecule has 1 amide bonds. The monoisotopic (exact) mass is 301 g/mol. The van der Waals surface area contributed by atoms with E-state index in [1.54, 1.807) is 27.2 Å². The molecular weight excluding hydrogens is 282 g/mol. The van der Waals surface area contributed by atoms with Crippen molar-refractivity contribution in [2.75, 3.05) is 0 Å². The molecule has 0 radical (unpaired) electrons. The Morgan fingerprint density at radius 3 is 3.00 bits per heavy atom. The summed E-state index contributed by atoms with van der Waals surface area (Å²) in [6.45, 7) is 3.54. The Morgan fingerprint density at radius 2 is 2.23 bits per heavy atom. The van der Waals surface area contributed by atoms with E-state index in [0.29, 0.717) is 11.3 Å². The predicted molar refractivity (Wildman–Crippen MR) is 80.8 cm³/mol. The summed E-state index contributed by atoms with van der Waals surface area (Å²) in [5.74, 6) is 0.578. The Morgan fingerprint density at radius 1 is 1.45 bits per heavy atom. The zero-order valence-electron chi connectivity index (χ0n) is 13.0. The highest BCUT2D eigenvalue weighted by Crippen LogP contribution is 2.30. The van der Waals surface area contributed by atoms with E-state index in [1.165, 1.54) is 4.68 Å². The van der Waals surface area contributed by atoms with Gasteiger partial charge in [0.25, 0.3) is 11.5 Å². The second-order valence-electron chi connectivity index (χ2n) is 5.73. The molecule has 2 heterocycles. The smallest absolute Gasteiger partial charge is 0.279 e. The molecule has 0 fully saturated rings. The number of hydrogen-bond donors (Lipinski definition) is 1. The van der Waals surface area contributed by atoms with Gasteiger partial charge in [0.2, 0.25) is 0 Å². The molecule has 1 aliphatic carbocycles. The van der Waals surface area contributed by atoms with Crippen LogP contribution in [0.4, 0.5) is 0 Å². The number of amides is 1. The number of furan rings is 1. The van der Waals surface area contributed by atoms with Gasteiger partial charge in [-0.2, -0.15) is 5.10 Å². The largest absolute Gasteiger partial charge is 0.469 e. The predicted octanol–water partition coefficient (Wildman–Crippen LogP) is 1.80. The maximum Gasteiger partial charge on any atom is 0.279 e. The molecule has 2 aromatic rings. The van der Waals surface area contributed by atoms with Crippen LogP contribution in [0.3, 0.4) is 0 Å². The lowest BCUT2D eigenvalue weighted by atomic mass is 9.93. The first-order chi connectivity index (χ1) is 10.5. The normalized spacial score (nSPS) is 17.1. The summed E-state index contributed by atoms with van der Waals surface area (Å²) < 4.78 is 6.64. The van der Waals surface area contributed by atoms with Crippen molar-refractivity contribution in [3.05, 3.63) is 50.8 Å². The zero-order chi connectivity index (χ0) is 15.9. The van der Waals surface area contributed by atoms with Gasteiger partial charge in [-0.3, -0.25) is 9.59 Å². The summed E-state index contributed by atoms with van der Waals surface area (Å²) in [6.07, 6.45) is 4.35. The van der Waals surface area contributed by atoms with Crippen molar-refractivity contribution >= 4 is 5.91 Å². The van der Waals surface area contributed by atoms with Crippen LogP contribution in [0.1, 0.15) is 51.8 Å². The van der Waals surface area contributed by atoms with E-state index < -0.39 is 0 Å². The number of nitrogens with zero attached hydrogens (tertiary/aromatic N) is 2. The van der Waals surface area contributed by atoms with E-state index in [-0.39, 0.29) is 23.1 Å². The molecular formula is C16H19N3O3. The van der Waals surface area contributed by atoms with Crippen LogP contribution < -0.4 is 10.9 Å². The van der Waals surface area contributed by atoms with E-state index in [2.05, 4.69) is 10.4 Å². The molecule has 3 rings (SSSR count). The molecule has 0 aliphatic heterocycles. The first kappa shape index (κ1) is 14.6. The van der Waals surface area contributed by atoms with Gasteiger partial charge in [-0.15, -0.1) is 0 Å². The fourth-order valence-corrected chi connectivity index (χ4v) is 2.98. The van der Waals surface area contributed by atoms with Crippen LogP contribution >= 0.6 is 0 Å².